The van der Waals surface area contributed by atoms with Gasteiger partial charge in [-0.1, -0.05) is 24.3 Å². The third-order valence-corrected chi connectivity index (χ3v) is 4.24. The number of nitrogens with one attached hydrogen (secondary N) is 1. The van der Waals surface area contributed by atoms with Crippen LogP contribution in [0.4, 0.5) is 5.82 Å². The van der Waals surface area contributed by atoms with E-state index in [1.807, 2.05) is 41.9 Å². The number of carbonyl (C=O) groups excluding carboxylic acids is 1. The predicted octanol–water partition coefficient (Wildman–Crippen LogP) is 3.34. The van der Waals surface area contributed by atoms with Crippen LogP contribution in [0.15, 0.2) is 36.5 Å². The molecule has 1 saturated carbocycles. The average Bonchev–Trinajstić information content (AvgIpc) is 3.21. The van der Waals surface area contributed by atoms with Crippen LogP contribution >= 0.6 is 0 Å². The number of amides is 1. The van der Waals surface area contributed by atoms with Crippen molar-refractivity contribution in [1.29, 1.82) is 0 Å². The average molecular weight is 283 g/mol. The van der Waals surface area contributed by atoms with Crippen molar-refractivity contribution in [3.63, 3.8) is 0 Å². The molecule has 2 aromatic rings. The van der Waals surface area contributed by atoms with Gasteiger partial charge in [0.2, 0.25) is 5.91 Å². The number of aromatic nitrogens is 2. The Bertz CT molecular complexity index is 643. The van der Waals surface area contributed by atoms with Crippen LogP contribution in [0.5, 0.6) is 0 Å². The zero-order valence-electron chi connectivity index (χ0n) is 12.5. The van der Waals surface area contributed by atoms with Gasteiger partial charge in [-0.3, -0.25) is 4.79 Å². The Hall–Kier alpha value is -2.10. The highest BCUT2D eigenvalue weighted by atomic mass is 16.1. The second kappa shape index (κ2) is 5.72. The summed E-state index contributed by atoms with van der Waals surface area (Å²) >= 11 is 0. The Labute approximate surface area is 125 Å². The minimum absolute atomic E-state index is 0.00838. The number of aryl methyl sites for hydroxylation is 1. The fourth-order valence-electron chi connectivity index (χ4n) is 2.68. The fraction of sp³-hybridized carbons (Fsp3) is 0.412. The van der Waals surface area contributed by atoms with Crippen LogP contribution in [0.25, 0.3) is 0 Å². The molecule has 0 radical (unpaired) electrons. The van der Waals surface area contributed by atoms with E-state index in [-0.39, 0.29) is 5.91 Å². The van der Waals surface area contributed by atoms with Gasteiger partial charge in [-0.2, -0.15) is 5.10 Å². The maximum atomic E-state index is 12.2. The van der Waals surface area contributed by atoms with E-state index in [1.165, 1.54) is 12.8 Å². The highest BCUT2D eigenvalue weighted by Gasteiger charge is 2.30. The summed E-state index contributed by atoms with van der Waals surface area (Å²) in [4.78, 5) is 12.2. The Morgan fingerprint density at radius 3 is 2.86 bits per heavy atom. The maximum absolute atomic E-state index is 12.2. The number of hydrogen-bond donors (Lipinski definition) is 1. The molecule has 21 heavy (non-hydrogen) atoms. The van der Waals surface area contributed by atoms with E-state index in [0.717, 1.165) is 16.9 Å². The standard InChI is InChI=1S/C17H21N3O/c1-12-5-3-4-6-15(12)11-17(21)19-16-9-10-18-20(16)13(2)14-7-8-14/h3-6,9-10,13-14H,7-8,11H2,1-2H3,(H,19,21). The molecule has 0 saturated heterocycles. The monoisotopic (exact) mass is 283 g/mol. The predicted molar refractivity (Wildman–Crippen MR) is 83.2 cm³/mol. The molecule has 4 nitrogen and oxygen atoms in total. The van der Waals surface area contributed by atoms with Gasteiger partial charge in [-0.25, -0.2) is 4.68 Å². The van der Waals surface area contributed by atoms with Crippen LogP contribution in [0.2, 0.25) is 0 Å². The molecule has 1 aliphatic carbocycles. The van der Waals surface area contributed by atoms with Gasteiger partial charge in [-0.15, -0.1) is 0 Å². The van der Waals surface area contributed by atoms with Crippen molar-refractivity contribution in [1.82, 2.24) is 9.78 Å². The van der Waals surface area contributed by atoms with E-state index in [1.54, 1.807) is 6.20 Å². The molecular formula is C17H21N3O. The van der Waals surface area contributed by atoms with Crippen LogP contribution < -0.4 is 5.32 Å². The molecule has 1 aliphatic rings. The topological polar surface area (TPSA) is 46.9 Å². The highest BCUT2D eigenvalue weighted by molar-refractivity contribution is 5.91. The first kappa shape index (κ1) is 13.9. The molecule has 0 spiro atoms. The van der Waals surface area contributed by atoms with Gasteiger partial charge in [0, 0.05) is 6.07 Å². The summed E-state index contributed by atoms with van der Waals surface area (Å²) in [5.74, 6) is 1.51. The lowest BCUT2D eigenvalue weighted by Gasteiger charge is -2.15. The van der Waals surface area contributed by atoms with Crippen LogP contribution in [-0.2, 0) is 11.2 Å². The molecule has 1 unspecified atom stereocenters. The number of nitrogens with zero attached hydrogens (tertiary/aromatic N) is 2. The minimum Gasteiger partial charge on any atom is -0.311 e. The molecule has 3 rings (SSSR count). The van der Waals surface area contributed by atoms with Crippen molar-refractivity contribution >= 4 is 11.7 Å². The molecule has 1 fully saturated rings. The second-order valence-electron chi connectivity index (χ2n) is 5.89. The molecule has 1 aromatic heterocycles. The molecule has 1 heterocycles. The lowest BCUT2D eigenvalue weighted by Crippen LogP contribution is -2.20. The van der Waals surface area contributed by atoms with E-state index in [0.29, 0.717) is 18.4 Å². The van der Waals surface area contributed by atoms with Gasteiger partial charge in [0.1, 0.15) is 5.82 Å². The van der Waals surface area contributed by atoms with Gasteiger partial charge in [-0.05, 0) is 43.7 Å². The maximum Gasteiger partial charge on any atom is 0.229 e. The summed E-state index contributed by atoms with van der Waals surface area (Å²) in [6, 6.07) is 10.2. The van der Waals surface area contributed by atoms with Gasteiger partial charge in [0.15, 0.2) is 0 Å². The Balaban J connectivity index is 1.68. The lowest BCUT2D eigenvalue weighted by atomic mass is 10.1. The largest absolute Gasteiger partial charge is 0.311 e. The van der Waals surface area contributed by atoms with E-state index in [2.05, 4.69) is 17.3 Å². The third kappa shape index (κ3) is 3.15. The van der Waals surface area contributed by atoms with Crippen LogP contribution in [0.3, 0.4) is 0 Å². The Morgan fingerprint density at radius 2 is 2.14 bits per heavy atom. The van der Waals surface area contributed by atoms with Crippen molar-refractivity contribution in [2.45, 2.75) is 39.2 Å². The third-order valence-electron chi connectivity index (χ3n) is 4.24. The SMILES string of the molecule is Cc1ccccc1CC(=O)Nc1ccnn1C(C)C1CC1. The second-order valence-corrected chi connectivity index (χ2v) is 5.89. The molecule has 4 heteroatoms. The summed E-state index contributed by atoms with van der Waals surface area (Å²) in [5, 5.41) is 7.35. The summed E-state index contributed by atoms with van der Waals surface area (Å²) in [6.07, 6.45) is 4.67. The first-order chi connectivity index (χ1) is 10.1. The van der Waals surface area contributed by atoms with Crippen molar-refractivity contribution < 1.29 is 4.79 Å². The number of carbonyl (C=O) groups is 1. The van der Waals surface area contributed by atoms with Gasteiger partial charge in [0.25, 0.3) is 0 Å². The van der Waals surface area contributed by atoms with E-state index in [4.69, 9.17) is 0 Å². The number of rotatable bonds is 5. The molecule has 0 aliphatic heterocycles. The first-order valence-electron chi connectivity index (χ1n) is 7.53. The van der Waals surface area contributed by atoms with E-state index < -0.39 is 0 Å². The molecule has 110 valence electrons. The van der Waals surface area contributed by atoms with Gasteiger partial charge in [0.05, 0.1) is 18.7 Å². The normalized spacial score (nSPS) is 15.7. The zero-order valence-corrected chi connectivity index (χ0v) is 12.5. The quantitative estimate of drug-likeness (QED) is 0.914. The summed E-state index contributed by atoms with van der Waals surface area (Å²) < 4.78 is 1.94. The van der Waals surface area contributed by atoms with Crippen molar-refractivity contribution in [2.24, 2.45) is 5.92 Å². The Kier molecular flexibility index (Phi) is 3.78. The summed E-state index contributed by atoms with van der Waals surface area (Å²) in [7, 11) is 0. The molecule has 1 atom stereocenters. The van der Waals surface area contributed by atoms with Crippen LogP contribution in [0.1, 0.15) is 36.9 Å². The van der Waals surface area contributed by atoms with Gasteiger partial charge >= 0.3 is 0 Å². The number of anilines is 1. The molecular weight excluding hydrogens is 262 g/mol. The molecule has 1 amide bonds. The molecule has 1 N–H and O–H groups in total. The van der Waals surface area contributed by atoms with Crippen LogP contribution in [0, 0.1) is 12.8 Å². The van der Waals surface area contributed by atoms with Crippen molar-refractivity contribution in [2.75, 3.05) is 5.32 Å². The smallest absolute Gasteiger partial charge is 0.229 e. The zero-order chi connectivity index (χ0) is 14.8. The van der Waals surface area contributed by atoms with Crippen molar-refractivity contribution in [3.05, 3.63) is 47.7 Å². The van der Waals surface area contributed by atoms with E-state index in [9.17, 15) is 4.79 Å². The summed E-state index contributed by atoms with van der Waals surface area (Å²) in [5.41, 5.74) is 2.21. The summed E-state index contributed by atoms with van der Waals surface area (Å²) in [6.45, 7) is 4.20. The molecule has 0 bridgehead atoms. The highest BCUT2D eigenvalue weighted by Crippen LogP contribution is 2.40. The number of benzene rings is 1. The lowest BCUT2D eigenvalue weighted by molar-refractivity contribution is -0.115. The first-order valence-corrected chi connectivity index (χ1v) is 7.53. The van der Waals surface area contributed by atoms with Gasteiger partial charge < -0.3 is 5.32 Å². The molecule has 1 aromatic carbocycles. The fourth-order valence-corrected chi connectivity index (χ4v) is 2.68. The van der Waals surface area contributed by atoms with E-state index >= 15 is 0 Å². The number of hydrogen-bond acceptors (Lipinski definition) is 2. The van der Waals surface area contributed by atoms with Crippen LogP contribution in [-0.4, -0.2) is 15.7 Å². The van der Waals surface area contributed by atoms with Crippen molar-refractivity contribution in [3.8, 4) is 0 Å². The minimum atomic E-state index is 0.00838. The Morgan fingerprint density at radius 1 is 1.38 bits per heavy atom.